The van der Waals surface area contributed by atoms with Gasteiger partial charge in [0.25, 0.3) is 0 Å². The Bertz CT molecular complexity index is 197. The molecule has 4 nitrogen and oxygen atoms in total. The van der Waals surface area contributed by atoms with Crippen molar-refractivity contribution in [3.63, 3.8) is 0 Å². The number of nitrogens with one attached hydrogen (secondary N) is 1. The Morgan fingerprint density at radius 1 is 1.11 bits per heavy atom. The lowest BCUT2D eigenvalue weighted by atomic mass is 10.1. The molecule has 0 heterocycles. The first-order chi connectivity index (χ1) is 8.36. The van der Waals surface area contributed by atoms with Crippen molar-refractivity contribution in [3.05, 3.63) is 0 Å². The molecule has 0 aromatic heterocycles. The topological polar surface area (TPSA) is 61.7 Å². The normalized spacial score (nSPS) is 17.2. The Hall–Kier alpha value is -0.160. The van der Waals surface area contributed by atoms with Crippen LogP contribution < -0.4 is 5.32 Å². The highest BCUT2D eigenvalue weighted by Crippen LogP contribution is 2.07. The van der Waals surface area contributed by atoms with Crippen LogP contribution in [0.3, 0.4) is 0 Å². The van der Waals surface area contributed by atoms with Crippen LogP contribution in [0.25, 0.3) is 0 Å². The highest BCUT2D eigenvalue weighted by molar-refractivity contribution is 4.71. The standard InChI is InChI=1S/C14H31NO3/c1-10(2)6-12(5)18-9-13(17)7-15-14(8-16)11(3)4/h10-17H,6-9H2,1-5H3. The van der Waals surface area contributed by atoms with Gasteiger partial charge in [0, 0.05) is 12.6 Å². The Labute approximate surface area is 112 Å². The third kappa shape index (κ3) is 8.86. The van der Waals surface area contributed by atoms with E-state index in [0.29, 0.717) is 25.0 Å². The van der Waals surface area contributed by atoms with Gasteiger partial charge >= 0.3 is 0 Å². The van der Waals surface area contributed by atoms with Gasteiger partial charge in [0.15, 0.2) is 0 Å². The summed E-state index contributed by atoms with van der Waals surface area (Å²) in [6, 6.07) is 0.0349. The lowest BCUT2D eigenvalue weighted by Crippen LogP contribution is -2.42. The van der Waals surface area contributed by atoms with Crippen molar-refractivity contribution in [2.75, 3.05) is 19.8 Å². The van der Waals surface area contributed by atoms with Gasteiger partial charge in [-0.2, -0.15) is 0 Å². The summed E-state index contributed by atoms with van der Waals surface area (Å²) < 4.78 is 5.59. The summed E-state index contributed by atoms with van der Waals surface area (Å²) in [5.74, 6) is 0.956. The van der Waals surface area contributed by atoms with E-state index in [4.69, 9.17) is 9.84 Å². The molecule has 0 amide bonds. The molecule has 0 aliphatic heterocycles. The molecule has 0 aromatic rings. The fourth-order valence-corrected chi connectivity index (χ4v) is 1.86. The van der Waals surface area contributed by atoms with E-state index in [1.165, 1.54) is 0 Å². The molecule has 0 saturated heterocycles. The van der Waals surface area contributed by atoms with E-state index < -0.39 is 6.10 Å². The van der Waals surface area contributed by atoms with Crippen LogP contribution in [0.4, 0.5) is 0 Å². The Balaban J connectivity index is 3.73. The van der Waals surface area contributed by atoms with Gasteiger partial charge in [-0.15, -0.1) is 0 Å². The van der Waals surface area contributed by atoms with E-state index in [2.05, 4.69) is 19.2 Å². The van der Waals surface area contributed by atoms with Gasteiger partial charge in [0.2, 0.25) is 0 Å². The third-order valence-electron chi connectivity index (χ3n) is 2.99. The van der Waals surface area contributed by atoms with Crippen LogP contribution in [-0.2, 0) is 4.74 Å². The minimum atomic E-state index is -0.521. The predicted molar refractivity (Wildman–Crippen MR) is 74.6 cm³/mol. The quantitative estimate of drug-likeness (QED) is 0.556. The summed E-state index contributed by atoms with van der Waals surface area (Å²) in [6.07, 6.45) is 0.664. The maximum atomic E-state index is 9.79. The van der Waals surface area contributed by atoms with Crippen molar-refractivity contribution in [1.82, 2.24) is 5.32 Å². The average molecular weight is 261 g/mol. The lowest BCUT2D eigenvalue weighted by molar-refractivity contribution is -0.0104. The van der Waals surface area contributed by atoms with E-state index in [1.807, 2.05) is 20.8 Å². The van der Waals surface area contributed by atoms with E-state index in [-0.39, 0.29) is 18.8 Å². The Morgan fingerprint density at radius 2 is 1.72 bits per heavy atom. The summed E-state index contributed by atoms with van der Waals surface area (Å²) in [4.78, 5) is 0. The van der Waals surface area contributed by atoms with Gasteiger partial charge in [0.05, 0.1) is 25.4 Å². The van der Waals surface area contributed by atoms with Crippen molar-refractivity contribution in [3.8, 4) is 0 Å². The molecule has 0 spiro atoms. The first kappa shape index (κ1) is 17.8. The summed E-state index contributed by atoms with van der Waals surface area (Å²) in [5.41, 5.74) is 0. The van der Waals surface area contributed by atoms with E-state index >= 15 is 0 Å². The van der Waals surface area contributed by atoms with Gasteiger partial charge in [-0.05, 0) is 25.2 Å². The largest absolute Gasteiger partial charge is 0.395 e. The lowest BCUT2D eigenvalue weighted by Gasteiger charge is -2.23. The molecule has 4 heteroatoms. The number of hydrogen-bond donors (Lipinski definition) is 3. The van der Waals surface area contributed by atoms with Crippen LogP contribution in [0, 0.1) is 11.8 Å². The molecular weight excluding hydrogens is 230 g/mol. The molecule has 0 aliphatic carbocycles. The molecule has 0 aliphatic rings. The molecule has 0 aromatic carbocycles. The summed E-state index contributed by atoms with van der Waals surface area (Å²) >= 11 is 0. The molecule has 0 saturated carbocycles. The zero-order valence-electron chi connectivity index (χ0n) is 12.5. The van der Waals surface area contributed by atoms with Gasteiger partial charge in [-0.1, -0.05) is 27.7 Å². The Morgan fingerprint density at radius 3 is 2.17 bits per heavy atom. The first-order valence-electron chi connectivity index (χ1n) is 7.00. The van der Waals surface area contributed by atoms with Crippen molar-refractivity contribution >= 4 is 0 Å². The van der Waals surface area contributed by atoms with Crippen LogP contribution in [0.15, 0.2) is 0 Å². The van der Waals surface area contributed by atoms with Crippen LogP contribution in [0.2, 0.25) is 0 Å². The minimum absolute atomic E-state index is 0.0349. The molecular formula is C14H31NO3. The molecule has 110 valence electrons. The van der Waals surface area contributed by atoms with Gasteiger partial charge in [-0.3, -0.25) is 0 Å². The molecule has 0 radical (unpaired) electrons. The van der Waals surface area contributed by atoms with Crippen LogP contribution in [0.1, 0.15) is 41.0 Å². The molecule has 0 fully saturated rings. The predicted octanol–water partition coefficient (Wildman–Crippen LogP) is 1.40. The zero-order chi connectivity index (χ0) is 14.1. The molecule has 3 atom stereocenters. The fraction of sp³-hybridized carbons (Fsp3) is 1.00. The van der Waals surface area contributed by atoms with Crippen molar-refractivity contribution in [2.24, 2.45) is 11.8 Å². The van der Waals surface area contributed by atoms with Crippen molar-refractivity contribution < 1.29 is 14.9 Å². The van der Waals surface area contributed by atoms with Crippen LogP contribution >= 0.6 is 0 Å². The molecule has 3 N–H and O–H groups in total. The van der Waals surface area contributed by atoms with E-state index in [1.54, 1.807) is 0 Å². The third-order valence-corrected chi connectivity index (χ3v) is 2.99. The second kappa shape index (κ2) is 9.73. The number of ether oxygens (including phenoxy) is 1. The fourth-order valence-electron chi connectivity index (χ4n) is 1.86. The van der Waals surface area contributed by atoms with Crippen LogP contribution in [0.5, 0.6) is 0 Å². The number of aliphatic hydroxyl groups excluding tert-OH is 2. The van der Waals surface area contributed by atoms with Crippen molar-refractivity contribution in [1.29, 1.82) is 0 Å². The second-order valence-electron chi connectivity index (χ2n) is 5.87. The van der Waals surface area contributed by atoms with E-state index in [9.17, 15) is 5.11 Å². The first-order valence-corrected chi connectivity index (χ1v) is 7.00. The number of aliphatic hydroxyl groups is 2. The average Bonchev–Trinajstić information content (AvgIpc) is 2.25. The SMILES string of the molecule is CC(C)CC(C)OCC(O)CNC(CO)C(C)C. The van der Waals surface area contributed by atoms with Gasteiger partial charge < -0.3 is 20.3 Å². The van der Waals surface area contributed by atoms with Crippen LogP contribution in [-0.4, -0.2) is 48.2 Å². The minimum Gasteiger partial charge on any atom is -0.395 e. The summed E-state index contributed by atoms with van der Waals surface area (Å²) in [5, 5.41) is 22.1. The second-order valence-corrected chi connectivity index (χ2v) is 5.87. The number of hydrogen-bond acceptors (Lipinski definition) is 4. The highest BCUT2D eigenvalue weighted by atomic mass is 16.5. The maximum absolute atomic E-state index is 9.79. The molecule has 3 unspecified atom stereocenters. The maximum Gasteiger partial charge on any atom is 0.0897 e. The van der Waals surface area contributed by atoms with Gasteiger partial charge in [-0.25, -0.2) is 0 Å². The monoisotopic (exact) mass is 261 g/mol. The highest BCUT2D eigenvalue weighted by Gasteiger charge is 2.14. The van der Waals surface area contributed by atoms with E-state index in [0.717, 1.165) is 6.42 Å². The zero-order valence-corrected chi connectivity index (χ0v) is 12.5. The Kier molecular flexibility index (Phi) is 9.64. The van der Waals surface area contributed by atoms with Crippen molar-refractivity contribution in [2.45, 2.75) is 59.3 Å². The summed E-state index contributed by atoms with van der Waals surface area (Å²) in [7, 11) is 0. The number of rotatable bonds is 10. The molecule has 0 rings (SSSR count). The molecule has 18 heavy (non-hydrogen) atoms. The molecule has 0 bridgehead atoms. The van der Waals surface area contributed by atoms with Gasteiger partial charge in [0.1, 0.15) is 0 Å². The smallest absolute Gasteiger partial charge is 0.0897 e. The summed E-state index contributed by atoms with van der Waals surface area (Å²) in [6.45, 7) is 11.3.